The highest BCUT2D eigenvalue weighted by atomic mass is 32.1. The number of thiocarbonyl (C=S) groups is 1. The SMILES string of the molecule is NC(=S)CCN(C(=O)c1ccncc1F)C1CC1. The van der Waals surface area contributed by atoms with Crippen LogP contribution >= 0.6 is 12.2 Å². The van der Waals surface area contributed by atoms with Gasteiger partial charge in [-0.3, -0.25) is 9.78 Å². The van der Waals surface area contributed by atoms with Gasteiger partial charge in [0.1, 0.15) is 0 Å². The fourth-order valence-electron chi connectivity index (χ4n) is 1.77. The lowest BCUT2D eigenvalue weighted by Gasteiger charge is -2.22. The molecule has 2 rings (SSSR count). The zero-order chi connectivity index (χ0) is 13.1. The van der Waals surface area contributed by atoms with Gasteiger partial charge >= 0.3 is 0 Å². The molecule has 0 saturated heterocycles. The zero-order valence-electron chi connectivity index (χ0n) is 9.80. The van der Waals surface area contributed by atoms with E-state index in [9.17, 15) is 9.18 Å². The van der Waals surface area contributed by atoms with E-state index in [0.717, 1.165) is 19.0 Å². The summed E-state index contributed by atoms with van der Waals surface area (Å²) >= 11 is 4.81. The molecule has 96 valence electrons. The number of nitrogens with two attached hydrogens (primary N) is 1. The molecule has 0 radical (unpaired) electrons. The zero-order valence-corrected chi connectivity index (χ0v) is 10.6. The average molecular weight is 267 g/mol. The summed E-state index contributed by atoms with van der Waals surface area (Å²) in [5, 5.41) is 0. The number of aromatic nitrogens is 1. The van der Waals surface area contributed by atoms with E-state index in [-0.39, 0.29) is 17.5 Å². The topological polar surface area (TPSA) is 59.2 Å². The third-order valence-electron chi connectivity index (χ3n) is 2.85. The molecule has 1 aromatic rings. The van der Waals surface area contributed by atoms with Gasteiger partial charge in [0, 0.05) is 25.2 Å². The van der Waals surface area contributed by atoms with Crippen LogP contribution in [0, 0.1) is 5.82 Å². The molecular formula is C12H14FN3OS. The Morgan fingerprint density at radius 3 is 2.89 bits per heavy atom. The minimum atomic E-state index is -0.594. The molecule has 1 aromatic heterocycles. The van der Waals surface area contributed by atoms with Gasteiger partial charge in [-0.2, -0.15) is 0 Å². The van der Waals surface area contributed by atoms with Gasteiger partial charge in [0.15, 0.2) is 5.82 Å². The van der Waals surface area contributed by atoms with Gasteiger partial charge in [0.05, 0.1) is 16.7 Å². The standard InChI is InChI=1S/C12H14FN3OS/c13-10-7-15-5-3-9(10)12(17)16(8-1-2-8)6-4-11(14)18/h3,5,7-8H,1-2,4,6H2,(H2,14,18). The van der Waals surface area contributed by atoms with Crippen molar-refractivity contribution in [1.82, 2.24) is 9.88 Å². The Morgan fingerprint density at radius 1 is 1.61 bits per heavy atom. The van der Waals surface area contributed by atoms with E-state index in [1.165, 1.54) is 12.3 Å². The molecule has 1 aliphatic rings. The molecular weight excluding hydrogens is 253 g/mol. The third-order valence-corrected chi connectivity index (χ3v) is 3.05. The monoisotopic (exact) mass is 267 g/mol. The Morgan fingerprint density at radius 2 is 2.33 bits per heavy atom. The first kappa shape index (κ1) is 12.9. The van der Waals surface area contributed by atoms with E-state index in [1.807, 2.05) is 0 Å². The third kappa shape index (κ3) is 3.01. The quantitative estimate of drug-likeness (QED) is 0.821. The van der Waals surface area contributed by atoms with Crippen molar-refractivity contribution in [3.05, 3.63) is 29.8 Å². The first-order valence-electron chi connectivity index (χ1n) is 5.78. The molecule has 1 saturated carbocycles. The van der Waals surface area contributed by atoms with E-state index < -0.39 is 5.82 Å². The van der Waals surface area contributed by atoms with Crippen LogP contribution in [0.1, 0.15) is 29.6 Å². The molecule has 18 heavy (non-hydrogen) atoms. The molecule has 1 aliphatic carbocycles. The lowest BCUT2D eigenvalue weighted by molar-refractivity contribution is 0.0743. The van der Waals surface area contributed by atoms with Gasteiger partial charge in [-0.15, -0.1) is 0 Å². The summed E-state index contributed by atoms with van der Waals surface area (Å²) in [5.74, 6) is -0.905. The Labute approximate surface area is 110 Å². The summed E-state index contributed by atoms with van der Waals surface area (Å²) < 4.78 is 13.5. The van der Waals surface area contributed by atoms with Crippen LogP contribution in [0.2, 0.25) is 0 Å². The predicted molar refractivity (Wildman–Crippen MR) is 69.7 cm³/mol. The van der Waals surface area contributed by atoms with E-state index in [4.69, 9.17) is 18.0 Å². The largest absolute Gasteiger partial charge is 0.393 e. The molecule has 6 heteroatoms. The Bertz CT molecular complexity index is 476. The predicted octanol–water partition coefficient (Wildman–Crippen LogP) is 1.50. The Kier molecular flexibility index (Phi) is 3.86. The van der Waals surface area contributed by atoms with Crippen molar-refractivity contribution in [2.75, 3.05) is 6.54 Å². The first-order valence-corrected chi connectivity index (χ1v) is 6.19. The van der Waals surface area contributed by atoms with Gasteiger partial charge in [-0.25, -0.2) is 4.39 Å². The van der Waals surface area contributed by atoms with E-state index >= 15 is 0 Å². The maximum absolute atomic E-state index is 13.5. The van der Waals surface area contributed by atoms with Crippen LogP contribution in [0.5, 0.6) is 0 Å². The maximum atomic E-state index is 13.5. The van der Waals surface area contributed by atoms with E-state index in [1.54, 1.807) is 4.90 Å². The van der Waals surface area contributed by atoms with Crippen LogP contribution in [0.4, 0.5) is 4.39 Å². The molecule has 0 aromatic carbocycles. The highest BCUT2D eigenvalue weighted by Crippen LogP contribution is 2.28. The summed E-state index contributed by atoms with van der Waals surface area (Å²) in [4.78, 5) is 17.9. The van der Waals surface area contributed by atoms with Gasteiger partial charge in [-0.1, -0.05) is 12.2 Å². The lowest BCUT2D eigenvalue weighted by atomic mass is 10.2. The number of halogens is 1. The molecule has 1 heterocycles. The minimum absolute atomic E-state index is 0.0554. The van der Waals surface area contributed by atoms with Crippen molar-refractivity contribution in [2.24, 2.45) is 5.73 Å². The fraction of sp³-hybridized carbons (Fsp3) is 0.417. The number of hydrogen-bond donors (Lipinski definition) is 1. The van der Waals surface area contributed by atoms with Gasteiger partial charge in [0.25, 0.3) is 5.91 Å². The van der Waals surface area contributed by atoms with Crippen molar-refractivity contribution >= 4 is 23.1 Å². The second kappa shape index (κ2) is 5.39. The number of carbonyl (C=O) groups excluding carboxylic acids is 1. The van der Waals surface area contributed by atoms with Gasteiger partial charge in [0.2, 0.25) is 0 Å². The number of pyridine rings is 1. The molecule has 1 amide bonds. The molecule has 0 unspecified atom stereocenters. The number of carbonyl (C=O) groups is 1. The summed E-state index contributed by atoms with van der Waals surface area (Å²) in [6.07, 6.45) is 4.83. The second-order valence-electron chi connectivity index (χ2n) is 4.30. The fourth-order valence-corrected chi connectivity index (χ4v) is 1.86. The molecule has 4 nitrogen and oxygen atoms in total. The average Bonchev–Trinajstić information content (AvgIpc) is 3.13. The highest BCUT2D eigenvalue weighted by Gasteiger charge is 2.33. The second-order valence-corrected chi connectivity index (χ2v) is 4.83. The number of hydrogen-bond acceptors (Lipinski definition) is 3. The molecule has 2 N–H and O–H groups in total. The van der Waals surface area contributed by atoms with Crippen molar-refractivity contribution < 1.29 is 9.18 Å². The summed E-state index contributed by atoms with van der Waals surface area (Å²) in [5.41, 5.74) is 5.49. The molecule has 1 fully saturated rings. The van der Waals surface area contributed by atoms with Gasteiger partial charge < -0.3 is 10.6 Å². The first-order chi connectivity index (χ1) is 8.59. The van der Waals surface area contributed by atoms with Crippen LogP contribution in [-0.4, -0.2) is 33.4 Å². The van der Waals surface area contributed by atoms with E-state index in [2.05, 4.69) is 4.98 Å². The van der Waals surface area contributed by atoms with E-state index in [0.29, 0.717) is 18.0 Å². The van der Waals surface area contributed by atoms with Crippen LogP contribution in [0.15, 0.2) is 18.5 Å². The highest BCUT2D eigenvalue weighted by molar-refractivity contribution is 7.80. The van der Waals surface area contributed by atoms with Crippen LogP contribution in [-0.2, 0) is 0 Å². The van der Waals surface area contributed by atoms with Crippen molar-refractivity contribution in [2.45, 2.75) is 25.3 Å². The summed E-state index contributed by atoms with van der Waals surface area (Å²) in [6, 6.07) is 1.59. The molecule has 0 bridgehead atoms. The van der Waals surface area contributed by atoms with Crippen LogP contribution < -0.4 is 5.73 Å². The van der Waals surface area contributed by atoms with Crippen LogP contribution in [0.25, 0.3) is 0 Å². The maximum Gasteiger partial charge on any atom is 0.257 e. The van der Waals surface area contributed by atoms with Crippen LogP contribution in [0.3, 0.4) is 0 Å². The lowest BCUT2D eigenvalue weighted by Crippen LogP contribution is -2.36. The summed E-state index contributed by atoms with van der Waals surface area (Å²) in [6.45, 7) is 0.445. The Balaban J connectivity index is 2.13. The smallest absolute Gasteiger partial charge is 0.257 e. The van der Waals surface area contributed by atoms with Crippen molar-refractivity contribution in [3.63, 3.8) is 0 Å². The van der Waals surface area contributed by atoms with Crippen molar-refractivity contribution in [3.8, 4) is 0 Å². The number of nitrogens with zero attached hydrogens (tertiary/aromatic N) is 2. The normalized spacial score (nSPS) is 14.3. The molecule has 0 spiro atoms. The van der Waals surface area contributed by atoms with Crippen molar-refractivity contribution in [1.29, 1.82) is 0 Å². The van der Waals surface area contributed by atoms with Gasteiger partial charge in [-0.05, 0) is 18.9 Å². The number of rotatable bonds is 5. The minimum Gasteiger partial charge on any atom is -0.393 e. The summed E-state index contributed by atoms with van der Waals surface area (Å²) in [7, 11) is 0. The number of amides is 1. The molecule has 0 aliphatic heterocycles. The molecule has 0 atom stereocenters. The Hall–Kier alpha value is -1.56.